The summed E-state index contributed by atoms with van der Waals surface area (Å²) >= 11 is 0. The second kappa shape index (κ2) is 10.0. The number of ether oxygens (including phenoxy) is 1. The number of nitrogens with two attached hydrogens (primary N) is 1. The van der Waals surface area contributed by atoms with Crippen LogP contribution < -0.4 is 21.4 Å². The molecule has 0 spiro atoms. The SMILES string of the molecule is CNc1cc(F)c(F)c2c1[nH]c1ncc(-c3cnc4c(c3)c(=O)c(C(=O)O)cn4CC(C)(C)N)c(N3CCOCC3)c12. The van der Waals surface area contributed by atoms with Gasteiger partial charge in [-0.15, -0.1) is 0 Å². The summed E-state index contributed by atoms with van der Waals surface area (Å²) in [6.07, 6.45) is 4.39. The Labute approximate surface area is 237 Å². The van der Waals surface area contributed by atoms with Crippen LogP contribution in [-0.4, -0.2) is 69.5 Å². The van der Waals surface area contributed by atoms with Gasteiger partial charge in [0, 0.05) is 68.0 Å². The molecule has 6 rings (SSSR count). The number of hydrogen-bond donors (Lipinski definition) is 4. The van der Waals surface area contributed by atoms with Gasteiger partial charge < -0.3 is 35.3 Å². The van der Waals surface area contributed by atoms with Gasteiger partial charge in [0.25, 0.3) is 0 Å². The Bertz CT molecular complexity index is 1960. The van der Waals surface area contributed by atoms with Crippen LogP contribution in [-0.2, 0) is 11.3 Å². The van der Waals surface area contributed by atoms with Gasteiger partial charge >= 0.3 is 5.97 Å². The molecule has 0 atom stereocenters. The maximum absolute atomic E-state index is 15.5. The van der Waals surface area contributed by atoms with E-state index in [4.69, 9.17) is 10.5 Å². The number of H-pyrrole nitrogens is 1. The number of aromatic amines is 1. The minimum Gasteiger partial charge on any atom is -0.477 e. The maximum atomic E-state index is 15.5. The zero-order chi connectivity index (χ0) is 29.9. The van der Waals surface area contributed by atoms with E-state index >= 15 is 4.39 Å². The van der Waals surface area contributed by atoms with Crippen molar-refractivity contribution >= 4 is 50.3 Å². The van der Waals surface area contributed by atoms with Gasteiger partial charge in [-0.2, -0.15) is 0 Å². The maximum Gasteiger partial charge on any atom is 0.341 e. The summed E-state index contributed by atoms with van der Waals surface area (Å²) in [5.74, 6) is -3.40. The first-order valence-corrected chi connectivity index (χ1v) is 13.4. The number of morpholine rings is 1. The molecule has 13 heteroatoms. The van der Waals surface area contributed by atoms with Gasteiger partial charge in [0.05, 0.1) is 46.3 Å². The van der Waals surface area contributed by atoms with Crippen LogP contribution in [0.4, 0.5) is 20.2 Å². The number of carbonyl (C=O) groups is 1. The van der Waals surface area contributed by atoms with Crippen LogP contribution in [0, 0.1) is 11.6 Å². The molecule has 0 aliphatic carbocycles. The molecule has 11 nitrogen and oxygen atoms in total. The number of carboxylic acid groups (broad SMARTS) is 1. The van der Waals surface area contributed by atoms with E-state index in [-0.39, 0.29) is 23.0 Å². The number of halogens is 2. The minimum absolute atomic E-state index is 0.0413. The first kappa shape index (κ1) is 27.5. The van der Waals surface area contributed by atoms with Crippen LogP contribution in [0.1, 0.15) is 24.2 Å². The Morgan fingerprint density at radius 1 is 1.19 bits per heavy atom. The van der Waals surface area contributed by atoms with Crippen LogP contribution in [0.2, 0.25) is 0 Å². The molecular weight excluding hydrogens is 548 g/mol. The van der Waals surface area contributed by atoms with Gasteiger partial charge in [-0.05, 0) is 19.9 Å². The lowest BCUT2D eigenvalue weighted by Gasteiger charge is -2.31. The predicted octanol–water partition coefficient (Wildman–Crippen LogP) is 3.69. The first-order valence-electron chi connectivity index (χ1n) is 13.4. The number of rotatable bonds is 6. The van der Waals surface area contributed by atoms with Gasteiger partial charge in [0.15, 0.2) is 11.6 Å². The van der Waals surface area contributed by atoms with E-state index in [0.29, 0.717) is 65.4 Å². The van der Waals surface area contributed by atoms with Crippen LogP contribution in [0.3, 0.4) is 0 Å². The molecule has 0 amide bonds. The molecule has 1 saturated heterocycles. The fourth-order valence-electron chi connectivity index (χ4n) is 5.60. The van der Waals surface area contributed by atoms with E-state index < -0.39 is 34.1 Å². The summed E-state index contributed by atoms with van der Waals surface area (Å²) in [5, 5.41) is 13.2. The third kappa shape index (κ3) is 4.50. The number of aromatic nitrogens is 4. The van der Waals surface area contributed by atoms with Crippen molar-refractivity contribution in [1.82, 2.24) is 19.5 Å². The number of fused-ring (bicyclic) bond motifs is 4. The topological polar surface area (TPSA) is 151 Å². The van der Waals surface area contributed by atoms with Gasteiger partial charge in [-0.1, -0.05) is 0 Å². The first-order chi connectivity index (χ1) is 20.0. The van der Waals surface area contributed by atoms with Gasteiger partial charge in [-0.3, -0.25) is 4.79 Å². The van der Waals surface area contributed by atoms with Crippen LogP contribution in [0.15, 0.2) is 35.5 Å². The van der Waals surface area contributed by atoms with Crippen molar-refractivity contribution in [2.24, 2.45) is 5.73 Å². The average molecular weight is 578 g/mol. The summed E-state index contributed by atoms with van der Waals surface area (Å²) < 4.78 is 37.4. The molecule has 42 heavy (non-hydrogen) atoms. The smallest absolute Gasteiger partial charge is 0.341 e. The van der Waals surface area contributed by atoms with E-state index in [1.807, 2.05) is 4.90 Å². The normalized spacial score (nSPS) is 14.3. The van der Waals surface area contributed by atoms with E-state index in [0.717, 1.165) is 6.07 Å². The number of benzene rings is 1. The molecular formula is C29H29F2N7O4. The average Bonchev–Trinajstić information content (AvgIpc) is 3.35. The molecule has 5 aromatic rings. The Morgan fingerprint density at radius 3 is 2.60 bits per heavy atom. The molecule has 0 unspecified atom stereocenters. The predicted molar refractivity (Wildman–Crippen MR) is 156 cm³/mol. The second-order valence-corrected chi connectivity index (χ2v) is 11.1. The molecule has 5 heterocycles. The quantitative estimate of drug-likeness (QED) is 0.237. The fraction of sp³-hybridized carbons (Fsp3) is 0.310. The van der Waals surface area contributed by atoms with Gasteiger partial charge in [0.2, 0.25) is 5.43 Å². The lowest BCUT2D eigenvalue weighted by molar-refractivity contribution is 0.0694. The Hall–Kier alpha value is -4.62. The van der Waals surface area contributed by atoms with E-state index in [1.165, 1.54) is 6.20 Å². The summed E-state index contributed by atoms with van der Waals surface area (Å²) in [6.45, 7) is 5.54. The molecule has 218 valence electrons. The molecule has 1 fully saturated rings. The number of carboxylic acids is 1. The third-order valence-electron chi connectivity index (χ3n) is 7.39. The molecule has 1 aromatic carbocycles. The number of hydrogen-bond acceptors (Lipinski definition) is 8. The molecule has 5 N–H and O–H groups in total. The van der Waals surface area contributed by atoms with Crippen molar-refractivity contribution in [2.75, 3.05) is 43.6 Å². The molecule has 1 aliphatic heterocycles. The molecule has 0 radical (unpaired) electrons. The monoisotopic (exact) mass is 577 g/mol. The van der Waals surface area contributed by atoms with Crippen molar-refractivity contribution in [3.05, 3.63) is 58.1 Å². The van der Waals surface area contributed by atoms with Crippen molar-refractivity contribution in [2.45, 2.75) is 25.9 Å². The van der Waals surface area contributed by atoms with Crippen molar-refractivity contribution < 1.29 is 23.4 Å². The highest BCUT2D eigenvalue weighted by Crippen LogP contribution is 2.43. The van der Waals surface area contributed by atoms with Crippen LogP contribution >= 0.6 is 0 Å². The number of nitrogens with zero attached hydrogens (tertiary/aromatic N) is 4. The number of anilines is 2. The lowest BCUT2D eigenvalue weighted by Crippen LogP contribution is -2.38. The van der Waals surface area contributed by atoms with Crippen molar-refractivity contribution in [3.63, 3.8) is 0 Å². The summed E-state index contributed by atoms with van der Waals surface area (Å²) in [4.78, 5) is 39.6. The molecule has 0 saturated carbocycles. The van der Waals surface area contributed by atoms with Crippen LogP contribution in [0.25, 0.3) is 44.1 Å². The molecule has 0 bridgehead atoms. The van der Waals surface area contributed by atoms with E-state index in [2.05, 4.69) is 20.3 Å². The zero-order valence-electron chi connectivity index (χ0n) is 23.2. The highest BCUT2D eigenvalue weighted by atomic mass is 19.2. The molecule has 1 aliphatic rings. The minimum atomic E-state index is -1.37. The summed E-state index contributed by atoms with van der Waals surface area (Å²) in [7, 11) is 1.62. The van der Waals surface area contributed by atoms with Gasteiger partial charge in [-0.25, -0.2) is 23.5 Å². The van der Waals surface area contributed by atoms with E-state index in [9.17, 15) is 19.1 Å². The zero-order valence-corrected chi connectivity index (χ0v) is 23.2. The number of aromatic carboxylic acids is 1. The Morgan fingerprint density at radius 2 is 1.93 bits per heavy atom. The van der Waals surface area contributed by atoms with Crippen LogP contribution in [0.5, 0.6) is 0 Å². The largest absolute Gasteiger partial charge is 0.477 e. The third-order valence-corrected chi connectivity index (χ3v) is 7.39. The Balaban J connectivity index is 1.69. The highest BCUT2D eigenvalue weighted by molar-refractivity contribution is 6.18. The fourth-order valence-corrected chi connectivity index (χ4v) is 5.60. The van der Waals surface area contributed by atoms with Crippen molar-refractivity contribution in [1.29, 1.82) is 0 Å². The summed E-state index contributed by atoms with van der Waals surface area (Å²) in [5.41, 5.74) is 7.27. The lowest BCUT2D eigenvalue weighted by atomic mass is 10.0. The highest BCUT2D eigenvalue weighted by Gasteiger charge is 2.27. The van der Waals surface area contributed by atoms with E-state index in [1.54, 1.807) is 43.9 Å². The van der Waals surface area contributed by atoms with Gasteiger partial charge in [0.1, 0.15) is 16.9 Å². The Kier molecular flexibility index (Phi) is 6.58. The van der Waals surface area contributed by atoms with Crippen molar-refractivity contribution in [3.8, 4) is 11.1 Å². The molecule has 4 aromatic heterocycles. The second-order valence-electron chi connectivity index (χ2n) is 11.1. The number of nitrogens with one attached hydrogen (secondary N) is 2. The number of pyridine rings is 3. The standard InChI is InChI=1S/C29H29F2N7O4/c1-29(2,32)13-38-12-17(28(40)41)25(39)15-8-14(10-35-27(15)38)16-11-34-26-21(24(16)37-4-6-42-7-5-37)20-22(31)18(30)9-19(33-3)23(20)36-26/h8-12,33H,4-7,13,32H2,1-3H3,(H,34,36)(H,40,41). The summed E-state index contributed by atoms with van der Waals surface area (Å²) in [6, 6.07) is 2.65.